The van der Waals surface area contributed by atoms with Crippen LogP contribution in [0.3, 0.4) is 0 Å². The van der Waals surface area contributed by atoms with Gasteiger partial charge in [0.05, 0.1) is 11.1 Å². The van der Waals surface area contributed by atoms with E-state index in [1.165, 1.54) is 25.3 Å². The summed E-state index contributed by atoms with van der Waals surface area (Å²) in [6.45, 7) is 2.48. The summed E-state index contributed by atoms with van der Waals surface area (Å²) < 4.78 is 59.4. The summed E-state index contributed by atoms with van der Waals surface area (Å²) in [6.07, 6.45) is -2.69. The number of carbonyl (C=O) groups excluding carboxylic acids is 1. The molecule has 3 rings (SSSR count). The first kappa shape index (κ1) is 24.0. The summed E-state index contributed by atoms with van der Waals surface area (Å²) in [6, 6.07) is 7.87. The zero-order valence-corrected chi connectivity index (χ0v) is 17.7. The number of aliphatic carboxylic acids is 1. The van der Waals surface area contributed by atoms with E-state index in [2.05, 4.69) is 10.3 Å². The number of halogens is 4. The molecule has 174 valence electrons. The largest absolute Gasteiger partial charge is 0.487 e. The van der Waals surface area contributed by atoms with Gasteiger partial charge in [-0.1, -0.05) is 31.2 Å². The maximum atomic E-state index is 14.7. The smallest absolute Gasteiger partial charge is 0.417 e. The number of nitrogens with one attached hydrogen (secondary N) is 1. The molecule has 0 saturated heterocycles. The molecule has 0 aliphatic heterocycles. The Kier molecular flexibility index (Phi) is 6.57. The molecular weight excluding hydrogens is 444 g/mol. The van der Waals surface area contributed by atoms with Crippen molar-refractivity contribution in [2.24, 2.45) is 0 Å². The van der Waals surface area contributed by atoms with Crippen LogP contribution >= 0.6 is 0 Å². The van der Waals surface area contributed by atoms with Gasteiger partial charge in [0.15, 0.2) is 0 Å². The van der Waals surface area contributed by atoms with Crippen molar-refractivity contribution in [1.82, 2.24) is 10.3 Å². The highest BCUT2D eigenvalue weighted by Gasteiger charge is 2.34. The number of alkyl halides is 3. The number of carbonyl (C=O) groups is 2. The van der Waals surface area contributed by atoms with Gasteiger partial charge < -0.3 is 15.2 Å². The zero-order valence-electron chi connectivity index (χ0n) is 17.7. The van der Waals surface area contributed by atoms with Crippen molar-refractivity contribution >= 4 is 22.6 Å². The molecule has 10 heteroatoms. The second kappa shape index (κ2) is 9.05. The molecular formula is C23H20F4N2O4. The number of carboxylic acids is 1. The van der Waals surface area contributed by atoms with Crippen molar-refractivity contribution in [2.45, 2.75) is 38.6 Å². The lowest BCUT2D eigenvalue weighted by atomic mass is 9.97. The minimum atomic E-state index is -4.60. The molecule has 0 bridgehead atoms. The van der Waals surface area contributed by atoms with Gasteiger partial charge in [-0.2, -0.15) is 13.2 Å². The van der Waals surface area contributed by atoms with Gasteiger partial charge in [-0.15, -0.1) is 0 Å². The van der Waals surface area contributed by atoms with E-state index in [0.29, 0.717) is 6.20 Å². The Morgan fingerprint density at radius 1 is 1.12 bits per heavy atom. The molecule has 1 heterocycles. The molecule has 2 N–H and O–H groups in total. The second-order valence-electron chi connectivity index (χ2n) is 7.59. The molecule has 0 saturated carbocycles. The fourth-order valence-electron chi connectivity index (χ4n) is 3.12. The van der Waals surface area contributed by atoms with Crippen LogP contribution in [0.4, 0.5) is 17.6 Å². The number of ether oxygens (including phenoxy) is 1. The molecule has 1 atom stereocenters. The Hall–Kier alpha value is -3.69. The van der Waals surface area contributed by atoms with Crippen LogP contribution in [0.25, 0.3) is 10.8 Å². The first-order chi connectivity index (χ1) is 15.5. The van der Waals surface area contributed by atoms with E-state index in [0.717, 1.165) is 12.1 Å². The lowest BCUT2D eigenvalue weighted by Crippen LogP contribution is -2.51. The van der Waals surface area contributed by atoms with Crippen LogP contribution in [0.1, 0.15) is 41.8 Å². The molecule has 0 spiro atoms. The molecule has 6 nitrogen and oxygen atoms in total. The third-order valence-corrected chi connectivity index (χ3v) is 5.26. The molecule has 33 heavy (non-hydrogen) atoms. The first-order valence-electron chi connectivity index (χ1n) is 9.87. The average molecular weight is 464 g/mol. The number of benzene rings is 2. The maximum Gasteiger partial charge on any atom is 0.417 e. The minimum absolute atomic E-state index is 0.0518. The number of rotatable bonds is 7. The molecule has 3 aromatic rings. The van der Waals surface area contributed by atoms with Crippen molar-refractivity contribution < 1.29 is 37.0 Å². The van der Waals surface area contributed by atoms with E-state index in [-0.39, 0.29) is 34.1 Å². The van der Waals surface area contributed by atoms with E-state index in [1.807, 2.05) is 0 Å². The molecule has 0 fully saturated rings. The SMILES string of the molecule is CCC(C)(NC(=O)c1cc(F)c2ccccc2c1OCc1cncc(C(F)(F)F)c1)C(=O)O. The highest BCUT2D eigenvalue weighted by atomic mass is 19.4. The standard InChI is InChI=1S/C23H20F4N2O4/c1-3-22(2,21(31)32)29-20(30)17-9-18(24)15-6-4-5-7-16(15)19(17)33-12-13-8-14(11-28-10-13)23(25,26)27/h4-11H,3,12H2,1-2H3,(H,29,30)(H,31,32). The van der Waals surface area contributed by atoms with Gasteiger partial charge in [-0.3, -0.25) is 9.78 Å². The Bertz CT molecular complexity index is 1210. The average Bonchev–Trinajstić information content (AvgIpc) is 2.77. The number of aromatic nitrogens is 1. The summed E-state index contributed by atoms with van der Waals surface area (Å²) in [5.74, 6) is -3.01. The number of hydrogen-bond donors (Lipinski definition) is 2. The van der Waals surface area contributed by atoms with Crippen LogP contribution in [0.5, 0.6) is 5.75 Å². The van der Waals surface area contributed by atoms with E-state index >= 15 is 0 Å². The van der Waals surface area contributed by atoms with Gasteiger partial charge in [0.2, 0.25) is 0 Å². The third kappa shape index (κ3) is 5.05. The zero-order chi connectivity index (χ0) is 24.4. The molecule has 2 aromatic carbocycles. The molecule has 0 aliphatic rings. The van der Waals surface area contributed by atoms with Gasteiger partial charge in [0.1, 0.15) is 23.7 Å². The predicted molar refractivity (Wildman–Crippen MR) is 111 cm³/mol. The lowest BCUT2D eigenvalue weighted by Gasteiger charge is -2.25. The van der Waals surface area contributed by atoms with Crippen LogP contribution in [-0.2, 0) is 17.6 Å². The Balaban J connectivity index is 2.04. The van der Waals surface area contributed by atoms with Gasteiger partial charge in [-0.25, -0.2) is 9.18 Å². The Labute approximate surface area is 186 Å². The number of amides is 1. The molecule has 1 amide bonds. The molecule has 0 radical (unpaired) electrons. The van der Waals surface area contributed by atoms with Gasteiger partial charge in [0.25, 0.3) is 5.91 Å². The summed E-state index contributed by atoms with van der Waals surface area (Å²) in [5.41, 5.74) is -2.80. The third-order valence-electron chi connectivity index (χ3n) is 5.26. The first-order valence-corrected chi connectivity index (χ1v) is 9.87. The maximum absolute atomic E-state index is 14.7. The number of fused-ring (bicyclic) bond motifs is 1. The van der Waals surface area contributed by atoms with Crippen molar-refractivity contribution in [3.05, 3.63) is 71.3 Å². The summed E-state index contributed by atoms with van der Waals surface area (Å²) in [4.78, 5) is 28.1. The minimum Gasteiger partial charge on any atom is -0.487 e. The van der Waals surface area contributed by atoms with Crippen molar-refractivity contribution in [3.8, 4) is 5.75 Å². The van der Waals surface area contributed by atoms with E-state index in [9.17, 15) is 32.3 Å². The number of carboxylic acid groups (broad SMARTS) is 1. The van der Waals surface area contributed by atoms with E-state index in [1.54, 1.807) is 19.1 Å². The topological polar surface area (TPSA) is 88.5 Å². The van der Waals surface area contributed by atoms with Crippen molar-refractivity contribution in [1.29, 1.82) is 0 Å². The van der Waals surface area contributed by atoms with E-state index < -0.39 is 41.6 Å². The van der Waals surface area contributed by atoms with Gasteiger partial charge in [0, 0.05) is 28.7 Å². The van der Waals surface area contributed by atoms with Crippen LogP contribution in [0.15, 0.2) is 48.8 Å². The second-order valence-corrected chi connectivity index (χ2v) is 7.59. The lowest BCUT2D eigenvalue weighted by molar-refractivity contribution is -0.144. The highest BCUT2D eigenvalue weighted by molar-refractivity contribution is 6.05. The monoisotopic (exact) mass is 464 g/mol. The molecule has 1 aromatic heterocycles. The normalized spacial score (nSPS) is 13.4. The number of hydrogen-bond acceptors (Lipinski definition) is 4. The Morgan fingerprint density at radius 3 is 2.39 bits per heavy atom. The summed E-state index contributed by atoms with van der Waals surface area (Å²) >= 11 is 0. The number of pyridine rings is 1. The number of nitrogens with zero attached hydrogens (tertiary/aromatic N) is 1. The molecule has 0 aliphatic carbocycles. The predicted octanol–water partition coefficient (Wildman–Crippen LogP) is 4.95. The molecule has 1 unspecified atom stereocenters. The Morgan fingerprint density at radius 2 is 1.79 bits per heavy atom. The van der Waals surface area contributed by atoms with E-state index in [4.69, 9.17) is 4.74 Å². The van der Waals surface area contributed by atoms with Gasteiger partial charge >= 0.3 is 12.1 Å². The highest BCUT2D eigenvalue weighted by Crippen LogP contribution is 2.34. The van der Waals surface area contributed by atoms with Gasteiger partial charge in [-0.05, 0) is 25.5 Å². The van der Waals surface area contributed by atoms with Crippen LogP contribution in [-0.4, -0.2) is 27.5 Å². The fraction of sp³-hybridized carbons (Fsp3) is 0.261. The quantitative estimate of drug-likeness (QED) is 0.483. The van der Waals surface area contributed by atoms with Crippen LogP contribution in [0, 0.1) is 5.82 Å². The van der Waals surface area contributed by atoms with Crippen molar-refractivity contribution in [3.63, 3.8) is 0 Å². The summed E-state index contributed by atoms with van der Waals surface area (Å²) in [5, 5.41) is 12.2. The fourth-order valence-corrected chi connectivity index (χ4v) is 3.12. The van der Waals surface area contributed by atoms with Crippen LogP contribution < -0.4 is 10.1 Å². The van der Waals surface area contributed by atoms with Crippen molar-refractivity contribution in [2.75, 3.05) is 0 Å². The van der Waals surface area contributed by atoms with Crippen LogP contribution in [0.2, 0.25) is 0 Å². The summed E-state index contributed by atoms with van der Waals surface area (Å²) in [7, 11) is 0.